The SMILES string of the molecule is CN=C/C(=C(\N)OC)c1cc2ncnc(Nc3ccc4ncsc4c3F)c2cc1OC. The maximum atomic E-state index is 14.9. The Morgan fingerprint density at radius 3 is 2.77 bits per heavy atom. The second-order valence-electron chi connectivity index (χ2n) is 6.41. The van der Waals surface area contributed by atoms with Gasteiger partial charge in [0.15, 0.2) is 11.7 Å². The van der Waals surface area contributed by atoms with Crippen LogP contribution >= 0.6 is 11.3 Å². The highest BCUT2D eigenvalue weighted by atomic mass is 32.1. The molecule has 0 saturated carbocycles. The van der Waals surface area contributed by atoms with E-state index in [-0.39, 0.29) is 11.7 Å². The van der Waals surface area contributed by atoms with Gasteiger partial charge in [-0.2, -0.15) is 0 Å². The van der Waals surface area contributed by atoms with Gasteiger partial charge in [0.1, 0.15) is 17.9 Å². The molecule has 0 saturated heterocycles. The fourth-order valence-corrected chi connectivity index (χ4v) is 3.91. The molecular formula is C21H19FN6O2S. The second-order valence-corrected chi connectivity index (χ2v) is 7.27. The van der Waals surface area contributed by atoms with Crippen molar-refractivity contribution in [2.75, 3.05) is 26.6 Å². The topological polar surface area (TPSA) is 108 Å². The summed E-state index contributed by atoms with van der Waals surface area (Å²) in [4.78, 5) is 16.8. The van der Waals surface area contributed by atoms with Gasteiger partial charge in [-0.1, -0.05) is 0 Å². The number of aliphatic imine (C=N–C) groups is 1. The van der Waals surface area contributed by atoms with E-state index >= 15 is 0 Å². The fraction of sp³-hybridized carbons (Fsp3) is 0.143. The molecular weight excluding hydrogens is 419 g/mol. The van der Waals surface area contributed by atoms with Crippen LogP contribution in [0.5, 0.6) is 5.75 Å². The van der Waals surface area contributed by atoms with Gasteiger partial charge in [-0.15, -0.1) is 11.3 Å². The monoisotopic (exact) mass is 438 g/mol. The van der Waals surface area contributed by atoms with Crippen molar-refractivity contribution in [1.29, 1.82) is 0 Å². The summed E-state index contributed by atoms with van der Waals surface area (Å²) in [6.45, 7) is 0. The first-order valence-corrected chi connectivity index (χ1v) is 10.0. The van der Waals surface area contributed by atoms with Gasteiger partial charge < -0.3 is 20.5 Å². The molecule has 8 nitrogen and oxygen atoms in total. The Bertz CT molecular complexity index is 1330. The second kappa shape index (κ2) is 8.52. The third kappa shape index (κ3) is 3.73. The number of thiazole rings is 1. The predicted octanol–water partition coefficient (Wildman–Crippen LogP) is 4.11. The largest absolute Gasteiger partial charge is 0.496 e. The van der Waals surface area contributed by atoms with Crippen molar-refractivity contribution < 1.29 is 13.9 Å². The molecule has 0 bridgehead atoms. The number of rotatable bonds is 6. The van der Waals surface area contributed by atoms with Crippen LogP contribution < -0.4 is 15.8 Å². The summed E-state index contributed by atoms with van der Waals surface area (Å²) in [6.07, 6.45) is 2.99. The normalized spacial score (nSPS) is 12.4. The van der Waals surface area contributed by atoms with E-state index in [0.717, 1.165) is 0 Å². The predicted molar refractivity (Wildman–Crippen MR) is 121 cm³/mol. The van der Waals surface area contributed by atoms with Crippen LogP contribution in [0.4, 0.5) is 15.9 Å². The number of hydrogen-bond donors (Lipinski definition) is 2. The minimum absolute atomic E-state index is 0.190. The smallest absolute Gasteiger partial charge is 0.193 e. The van der Waals surface area contributed by atoms with Crippen molar-refractivity contribution in [3.63, 3.8) is 0 Å². The fourth-order valence-electron chi connectivity index (χ4n) is 3.19. The van der Waals surface area contributed by atoms with Gasteiger partial charge >= 0.3 is 0 Å². The minimum atomic E-state index is -0.382. The molecule has 31 heavy (non-hydrogen) atoms. The molecule has 0 fully saturated rings. The Morgan fingerprint density at radius 1 is 1.19 bits per heavy atom. The zero-order valence-electron chi connectivity index (χ0n) is 17.0. The Balaban J connectivity index is 1.86. The van der Waals surface area contributed by atoms with Crippen LogP contribution in [-0.2, 0) is 4.74 Å². The van der Waals surface area contributed by atoms with E-state index in [0.29, 0.717) is 49.5 Å². The zero-order chi connectivity index (χ0) is 22.0. The number of benzene rings is 2. The first-order chi connectivity index (χ1) is 15.1. The van der Waals surface area contributed by atoms with Crippen LogP contribution in [0.2, 0.25) is 0 Å². The number of anilines is 2. The van der Waals surface area contributed by atoms with Gasteiger partial charge in [-0.3, -0.25) is 4.99 Å². The Hall–Kier alpha value is -3.79. The summed E-state index contributed by atoms with van der Waals surface area (Å²) < 4.78 is 26.2. The lowest BCUT2D eigenvalue weighted by atomic mass is 10.0. The standard InChI is InChI=1S/C21H19FN6O2S/c1-24-8-13(20(23)30-3)11-6-16-12(7-17(11)29-2)21(26-9-25-16)28-14-4-5-15-19(18(14)22)31-10-27-15/h4-10H,23H2,1-3H3,(H,25,26,28)/b20-13-,24-8?. The average Bonchev–Trinajstić information content (AvgIpc) is 3.28. The molecule has 0 spiro atoms. The van der Waals surface area contributed by atoms with Crippen LogP contribution in [0.1, 0.15) is 5.56 Å². The molecule has 0 aliphatic carbocycles. The molecule has 2 aromatic carbocycles. The van der Waals surface area contributed by atoms with E-state index in [1.165, 1.54) is 24.8 Å². The van der Waals surface area contributed by atoms with E-state index in [4.69, 9.17) is 15.2 Å². The van der Waals surface area contributed by atoms with Crippen LogP contribution in [0.25, 0.3) is 26.7 Å². The average molecular weight is 438 g/mol. The molecule has 4 aromatic rings. The number of nitrogens with one attached hydrogen (secondary N) is 1. The molecule has 2 aromatic heterocycles. The number of ether oxygens (including phenoxy) is 2. The van der Waals surface area contributed by atoms with Crippen molar-refractivity contribution in [3.05, 3.63) is 53.4 Å². The third-order valence-corrected chi connectivity index (χ3v) is 5.52. The van der Waals surface area contributed by atoms with Gasteiger partial charge in [0.25, 0.3) is 0 Å². The minimum Gasteiger partial charge on any atom is -0.496 e. The Labute approximate surface area is 181 Å². The number of hydrogen-bond acceptors (Lipinski definition) is 9. The van der Waals surface area contributed by atoms with Gasteiger partial charge in [0.05, 0.1) is 46.7 Å². The molecule has 158 valence electrons. The molecule has 4 rings (SSSR count). The van der Waals surface area contributed by atoms with E-state index in [1.54, 1.807) is 50.1 Å². The highest BCUT2D eigenvalue weighted by molar-refractivity contribution is 7.16. The molecule has 0 amide bonds. The number of fused-ring (bicyclic) bond motifs is 2. The van der Waals surface area contributed by atoms with Crippen molar-refractivity contribution in [2.45, 2.75) is 0 Å². The van der Waals surface area contributed by atoms with E-state index in [9.17, 15) is 4.39 Å². The zero-order valence-corrected chi connectivity index (χ0v) is 17.8. The maximum Gasteiger partial charge on any atom is 0.193 e. The quantitative estimate of drug-likeness (QED) is 0.345. The lowest BCUT2D eigenvalue weighted by molar-refractivity contribution is 0.290. The molecule has 2 heterocycles. The highest BCUT2D eigenvalue weighted by Gasteiger charge is 2.17. The summed E-state index contributed by atoms with van der Waals surface area (Å²) >= 11 is 1.24. The number of methoxy groups -OCH3 is 2. The third-order valence-electron chi connectivity index (χ3n) is 4.68. The number of nitrogens with two attached hydrogens (primary N) is 1. The van der Waals surface area contributed by atoms with Gasteiger partial charge in [0, 0.05) is 24.2 Å². The van der Waals surface area contributed by atoms with Gasteiger partial charge in [-0.05, 0) is 24.3 Å². The van der Waals surface area contributed by atoms with Crippen molar-refractivity contribution in [1.82, 2.24) is 15.0 Å². The van der Waals surface area contributed by atoms with Crippen molar-refractivity contribution in [3.8, 4) is 5.75 Å². The first-order valence-electron chi connectivity index (χ1n) is 9.15. The molecule has 0 radical (unpaired) electrons. The molecule has 0 aliphatic rings. The summed E-state index contributed by atoms with van der Waals surface area (Å²) in [5, 5.41) is 3.71. The van der Waals surface area contributed by atoms with Crippen LogP contribution in [-0.4, -0.2) is 42.4 Å². The van der Waals surface area contributed by atoms with Gasteiger partial charge in [0.2, 0.25) is 0 Å². The number of aromatic nitrogens is 3. The van der Waals surface area contributed by atoms with E-state index in [1.807, 2.05) is 0 Å². The van der Waals surface area contributed by atoms with Gasteiger partial charge in [-0.25, -0.2) is 19.3 Å². The van der Waals surface area contributed by atoms with Crippen LogP contribution in [0.15, 0.2) is 47.0 Å². The highest BCUT2D eigenvalue weighted by Crippen LogP contribution is 2.35. The maximum absolute atomic E-state index is 14.9. The Kier molecular flexibility index (Phi) is 5.63. The molecule has 3 N–H and O–H groups in total. The van der Waals surface area contributed by atoms with E-state index < -0.39 is 0 Å². The number of halogens is 1. The van der Waals surface area contributed by atoms with Crippen LogP contribution in [0, 0.1) is 5.82 Å². The first kappa shape index (κ1) is 20.5. The molecule has 0 unspecified atom stereocenters. The summed E-state index contributed by atoms with van der Waals surface area (Å²) in [5.74, 6) is 0.758. The number of nitrogens with zero attached hydrogens (tertiary/aromatic N) is 4. The molecule has 10 heteroatoms. The summed E-state index contributed by atoms with van der Waals surface area (Å²) in [5.41, 5.74) is 10.3. The van der Waals surface area contributed by atoms with E-state index in [2.05, 4.69) is 25.3 Å². The lowest BCUT2D eigenvalue weighted by Gasteiger charge is -2.15. The molecule has 0 atom stereocenters. The number of allylic oxidation sites excluding steroid dienone is 1. The van der Waals surface area contributed by atoms with Crippen molar-refractivity contribution in [2.24, 2.45) is 10.7 Å². The molecule has 0 aliphatic heterocycles. The summed E-state index contributed by atoms with van der Waals surface area (Å²) in [6, 6.07) is 6.96. The van der Waals surface area contributed by atoms with Crippen molar-refractivity contribution >= 4 is 55.7 Å². The summed E-state index contributed by atoms with van der Waals surface area (Å²) in [7, 11) is 4.66. The Morgan fingerprint density at radius 2 is 2.03 bits per heavy atom. The lowest BCUT2D eigenvalue weighted by Crippen LogP contribution is -2.07. The van der Waals surface area contributed by atoms with Crippen LogP contribution in [0.3, 0.4) is 0 Å².